The van der Waals surface area contributed by atoms with Gasteiger partial charge in [0.2, 0.25) is 0 Å². The number of rotatable bonds is 3. The van der Waals surface area contributed by atoms with Crippen LogP contribution in [-0.2, 0) is 0 Å². The van der Waals surface area contributed by atoms with E-state index in [1.54, 1.807) is 22.7 Å². The summed E-state index contributed by atoms with van der Waals surface area (Å²) in [5.74, 6) is 0.546. The number of thiazole rings is 1. The van der Waals surface area contributed by atoms with E-state index in [1.807, 2.05) is 24.4 Å². The molecule has 6 nitrogen and oxygen atoms in total. The number of benzene rings is 1. The van der Waals surface area contributed by atoms with E-state index < -0.39 is 4.92 Å². The molecule has 8 heteroatoms. The summed E-state index contributed by atoms with van der Waals surface area (Å²) in [5.41, 5.74) is 0.789. The van der Waals surface area contributed by atoms with E-state index in [9.17, 15) is 10.1 Å². The molecule has 1 aromatic carbocycles. The minimum absolute atomic E-state index is 0.00872. The molecule has 0 aliphatic rings. The summed E-state index contributed by atoms with van der Waals surface area (Å²) in [6.07, 6.45) is 1.47. The van der Waals surface area contributed by atoms with E-state index in [0.29, 0.717) is 5.75 Å². The van der Waals surface area contributed by atoms with E-state index in [-0.39, 0.29) is 11.6 Å². The highest BCUT2D eigenvalue weighted by atomic mass is 32.1. The lowest BCUT2D eigenvalue weighted by Crippen LogP contribution is -1.95. The average Bonchev–Trinajstić information content (AvgIpc) is 3.13. The first-order valence-electron chi connectivity index (χ1n) is 6.68. The lowest BCUT2D eigenvalue weighted by molar-refractivity contribution is -0.386. The second-order valence-corrected chi connectivity index (χ2v) is 6.96. The monoisotopic (exact) mass is 343 g/mol. The molecule has 0 amide bonds. The fraction of sp³-hybridized carbons (Fsp3) is 0.0667. The molecular weight excluding hydrogens is 334 g/mol. The molecule has 0 spiro atoms. The zero-order valence-corrected chi connectivity index (χ0v) is 13.5. The summed E-state index contributed by atoms with van der Waals surface area (Å²) in [5, 5.41) is 14.9. The van der Waals surface area contributed by atoms with Crippen LogP contribution < -0.4 is 4.74 Å². The molecule has 4 rings (SSSR count). The first-order valence-corrected chi connectivity index (χ1v) is 8.37. The summed E-state index contributed by atoms with van der Waals surface area (Å²) < 4.78 is 7.80. The lowest BCUT2D eigenvalue weighted by Gasteiger charge is -2.06. The van der Waals surface area contributed by atoms with Gasteiger partial charge in [-0.25, -0.2) is 9.97 Å². The van der Waals surface area contributed by atoms with Crippen molar-refractivity contribution in [3.63, 3.8) is 0 Å². The average molecular weight is 343 g/mol. The van der Waals surface area contributed by atoms with Gasteiger partial charge in [-0.1, -0.05) is 0 Å². The van der Waals surface area contributed by atoms with Crippen molar-refractivity contribution in [1.29, 1.82) is 0 Å². The van der Waals surface area contributed by atoms with Crippen molar-refractivity contribution in [3.8, 4) is 11.6 Å². The van der Waals surface area contributed by atoms with Gasteiger partial charge in [-0.2, -0.15) is 0 Å². The quantitative estimate of drug-likeness (QED) is 0.390. The number of nitrogens with zero attached hydrogens (tertiary/aromatic N) is 3. The molecule has 4 aromatic rings. The Balaban J connectivity index is 1.91. The predicted octanol–water partition coefficient (Wildman–Crippen LogP) is 4.91. The maximum absolute atomic E-state index is 11.1. The highest BCUT2D eigenvalue weighted by Gasteiger charge is 2.19. The molecular formula is C15H9N3O3S2. The van der Waals surface area contributed by atoms with Gasteiger partial charge < -0.3 is 4.74 Å². The molecule has 0 aliphatic carbocycles. The summed E-state index contributed by atoms with van der Waals surface area (Å²) in [4.78, 5) is 19.2. The van der Waals surface area contributed by atoms with Crippen LogP contribution in [0.1, 0.15) is 5.01 Å². The molecule has 3 heterocycles. The predicted molar refractivity (Wildman–Crippen MR) is 90.7 cm³/mol. The van der Waals surface area contributed by atoms with Crippen LogP contribution in [-0.4, -0.2) is 14.9 Å². The van der Waals surface area contributed by atoms with Crippen LogP contribution in [0.4, 0.5) is 5.69 Å². The van der Waals surface area contributed by atoms with Crippen LogP contribution in [0.5, 0.6) is 11.6 Å². The van der Waals surface area contributed by atoms with E-state index in [2.05, 4.69) is 9.97 Å². The van der Waals surface area contributed by atoms with Crippen LogP contribution in [0.15, 0.2) is 35.8 Å². The number of fused-ring (bicyclic) bond motifs is 3. The standard InChI is InChI=1S/C15H9N3O3S2/c1-8-17-13-12(23-8)7-11(9-4-6-22-14(9)13)21-15-10(18(19)20)3-2-5-16-15/h2-7H,1H3. The van der Waals surface area contributed by atoms with E-state index in [0.717, 1.165) is 25.3 Å². The van der Waals surface area contributed by atoms with Gasteiger partial charge in [0, 0.05) is 23.7 Å². The SMILES string of the molecule is Cc1nc2c(cc(Oc3ncccc3[N+](=O)[O-])c3ccsc32)s1. The zero-order valence-electron chi connectivity index (χ0n) is 11.8. The molecule has 0 N–H and O–H groups in total. The van der Waals surface area contributed by atoms with Crippen molar-refractivity contribution in [3.05, 3.63) is 51.0 Å². The maximum atomic E-state index is 11.1. The van der Waals surface area contributed by atoms with Gasteiger partial charge in [0.25, 0.3) is 5.88 Å². The topological polar surface area (TPSA) is 78.2 Å². The first-order chi connectivity index (χ1) is 11.1. The summed E-state index contributed by atoms with van der Waals surface area (Å²) in [6.45, 7) is 1.95. The van der Waals surface area contributed by atoms with Gasteiger partial charge in [-0.15, -0.1) is 22.7 Å². The third kappa shape index (κ3) is 2.32. The van der Waals surface area contributed by atoms with Gasteiger partial charge in [0.05, 0.1) is 24.8 Å². The molecule has 0 unspecified atom stereocenters. The summed E-state index contributed by atoms with van der Waals surface area (Å²) in [7, 11) is 0. The Morgan fingerprint density at radius 1 is 1.35 bits per heavy atom. The largest absolute Gasteiger partial charge is 0.433 e. The third-order valence-electron chi connectivity index (χ3n) is 3.32. The van der Waals surface area contributed by atoms with Gasteiger partial charge in [0.15, 0.2) is 0 Å². The normalized spacial score (nSPS) is 11.2. The summed E-state index contributed by atoms with van der Waals surface area (Å²) in [6, 6.07) is 6.69. The van der Waals surface area contributed by atoms with E-state index >= 15 is 0 Å². The molecule has 0 bridgehead atoms. The number of pyridine rings is 1. The first kappa shape index (κ1) is 14.0. The van der Waals surface area contributed by atoms with Gasteiger partial charge in [0.1, 0.15) is 5.75 Å². The molecule has 0 fully saturated rings. The fourth-order valence-electron chi connectivity index (χ4n) is 2.38. The Labute approximate surface area is 138 Å². The Kier molecular flexibility index (Phi) is 3.21. The zero-order chi connectivity index (χ0) is 16.0. The number of nitro groups is 1. The molecule has 0 aliphatic heterocycles. The van der Waals surface area contributed by atoms with Crippen LogP contribution in [0.25, 0.3) is 20.3 Å². The molecule has 0 saturated heterocycles. The van der Waals surface area contributed by atoms with Gasteiger partial charge >= 0.3 is 5.69 Å². The van der Waals surface area contributed by atoms with Crippen LogP contribution >= 0.6 is 22.7 Å². The summed E-state index contributed by atoms with van der Waals surface area (Å²) >= 11 is 3.14. The van der Waals surface area contributed by atoms with Crippen molar-refractivity contribution in [1.82, 2.24) is 9.97 Å². The molecule has 0 atom stereocenters. The minimum atomic E-state index is -0.497. The van der Waals surface area contributed by atoms with Crippen LogP contribution in [0.2, 0.25) is 0 Å². The van der Waals surface area contributed by atoms with Gasteiger partial charge in [-0.3, -0.25) is 10.1 Å². The molecule has 114 valence electrons. The number of thiophene rings is 1. The third-order valence-corrected chi connectivity index (χ3v) is 5.16. The Morgan fingerprint density at radius 2 is 2.22 bits per heavy atom. The minimum Gasteiger partial charge on any atom is -0.433 e. The maximum Gasteiger partial charge on any atom is 0.331 e. The second kappa shape index (κ2) is 5.25. The van der Waals surface area contributed by atoms with Crippen molar-refractivity contribution in [2.75, 3.05) is 0 Å². The van der Waals surface area contributed by atoms with Crippen molar-refractivity contribution >= 4 is 48.7 Å². The lowest BCUT2D eigenvalue weighted by atomic mass is 10.2. The number of ether oxygens (including phenoxy) is 1. The van der Waals surface area contributed by atoms with Crippen LogP contribution in [0, 0.1) is 17.0 Å². The van der Waals surface area contributed by atoms with Crippen molar-refractivity contribution < 1.29 is 9.66 Å². The number of hydrogen-bond acceptors (Lipinski definition) is 7. The van der Waals surface area contributed by atoms with Gasteiger partial charge in [-0.05, 0) is 24.4 Å². The Morgan fingerprint density at radius 3 is 3.04 bits per heavy atom. The molecule has 0 saturated carbocycles. The van der Waals surface area contributed by atoms with Crippen molar-refractivity contribution in [2.45, 2.75) is 6.92 Å². The number of aryl methyl sites for hydroxylation is 1. The fourth-order valence-corrected chi connectivity index (χ4v) is 4.21. The number of aromatic nitrogens is 2. The Bertz CT molecular complexity index is 1050. The van der Waals surface area contributed by atoms with E-state index in [4.69, 9.17) is 4.74 Å². The van der Waals surface area contributed by atoms with Crippen molar-refractivity contribution in [2.24, 2.45) is 0 Å². The van der Waals surface area contributed by atoms with E-state index in [1.165, 1.54) is 18.3 Å². The highest BCUT2D eigenvalue weighted by molar-refractivity contribution is 7.21. The molecule has 0 radical (unpaired) electrons. The number of hydrogen-bond donors (Lipinski definition) is 0. The van der Waals surface area contributed by atoms with Crippen LogP contribution in [0.3, 0.4) is 0 Å². The second-order valence-electron chi connectivity index (χ2n) is 4.80. The Hall–Kier alpha value is -2.58. The molecule has 23 heavy (non-hydrogen) atoms. The highest BCUT2D eigenvalue weighted by Crippen LogP contribution is 2.41. The molecule has 3 aromatic heterocycles. The smallest absolute Gasteiger partial charge is 0.331 e.